The molecule has 0 atom stereocenters. The summed E-state index contributed by atoms with van der Waals surface area (Å²) in [6.45, 7) is 6.27. The van der Waals surface area contributed by atoms with Crippen LogP contribution in [-0.2, 0) is 21.2 Å². The minimum absolute atomic E-state index is 0.0269. The highest BCUT2D eigenvalue weighted by molar-refractivity contribution is 7.90. The quantitative estimate of drug-likeness (QED) is 0.198. The number of rotatable bonds is 9. The number of halogens is 1. The van der Waals surface area contributed by atoms with Gasteiger partial charge in [0.15, 0.2) is 5.65 Å². The normalized spacial score (nSPS) is 12.9. The number of pyridine rings is 1. The lowest BCUT2D eigenvalue weighted by molar-refractivity contribution is -0.115. The van der Waals surface area contributed by atoms with Gasteiger partial charge >= 0.3 is 0 Å². The molecule has 11 heteroatoms. The maximum Gasteiger partial charge on any atom is 0.264 e. The lowest BCUT2D eigenvalue weighted by Gasteiger charge is -2.13. The molecule has 0 spiro atoms. The average molecular weight is 628 g/mol. The van der Waals surface area contributed by atoms with Crippen LogP contribution in [0.25, 0.3) is 22.3 Å². The van der Waals surface area contributed by atoms with Gasteiger partial charge < -0.3 is 4.74 Å². The van der Waals surface area contributed by atoms with Crippen LogP contribution in [0, 0.1) is 20.8 Å². The van der Waals surface area contributed by atoms with Gasteiger partial charge in [-0.2, -0.15) is 0 Å². The Kier molecular flexibility index (Phi) is 7.96. The van der Waals surface area contributed by atoms with Gasteiger partial charge in [0, 0.05) is 28.8 Å². The Morgan fingerprint density at radius 1 is 0.955 bits per heavy atom. The van der Waals surface area contributed by atoms with E-state index < -0.39 is 15.9 Å². The standard InChI is InChI=1S/C33H30ClN5O4S/c1-20-17-31-35-37-38-39(31)19-30(20)27-12-7-11-25-26(13-8-14-43-23-15-21(2)32(34)22(3)16-23)29(18-28(25)27)33(40)36-44(41,42)24-9-5-4-6-10-24/h4-7,9-12,15-17,19H,8,13-14,18H2,1-3H3,(H,36,40). The monoisotopic (exact) mass is 627 g/mol. The minimum Gasteiger partial charge on any atom is -0.494 e. The van der Waals surface area contributed by atoms with E-state index in [0.717, 1.165) is 55.3 Å². The minimum atomic E-state index is -4.06. The summed E-state index contributed by atoms with van der Waals surface area (Å²) >= 11 is 6.31. The van der Waals surface area contributed by atoms with Crippen LogP contribution in [0.1, 0.15) is 40.7 Å². The number of aryl methyl sites for hydroxylation is 3. The van der Waals surface area contributed by atoms with Gasteiger partial charge in [-0.05, 0) is 113 Å². The second-order valence-electron chi connectivity index (χ2n) is 10.9. The van der Waals surface area contributed by atoms with Crippen molar-refractivity contribution in [2.24, 2.45) is 0 Å². The summed E-state index contributed by atoms with van der Waals surface area (Å²) in [6, 6.07) is 19.5. The zero-order chi connectivity index (χ0) is 31.0. The van der Waals surface area contributed by atoms with E-state index in [-0.39, 0.29) is 11.3 Å². The summed E-state index contributed by atoms with van der Waals surface area (Å²) in [5, 5.41) is 12.6. The number of aromatic nitrogens is 4. The van der Waals surface area contributed by atoms with Crippen molar-refractivity contribution in [3.8, 4) is 16.9 Å². The van der Waals surface area contributed by atoms with Gasteiger partial charge in [0.05, 0.1) is 11.5 Å². The maximum atomic E-state index is 13.7. The predicted octanol–water partition coefficient (Wildman–Crippen LogP) is 6.04. The number of benzene rings is 3. The van der Waals surface area contributed by atoms with Crippen LogP contribution in [0.3, 0.4) is 0 Å². The number of allylic oxidation sites excluding steroid dienone is 1. The molecule has 3 aromatic carbocycles. The summed E-state index contributed by atoms with van der Waals surface area (Å²) < 4.78 is 36.2. The molecule has 1 aliphatic carbocycles. The van der Waals surface area contributed by atoms with Gasteiger partial charge in [0.1, 0.15) is 5.75 Å². The van der Waals surface area contributed by atoms with Crippen molar-refractivity contribution in [2.45, 2.75) is 44.9 Å². The highest BCUT2D eigenvalue weighted by Gasteiger charge is 2.31. The van der Waals surface area contributed by atoms with Gasteiger partial charge in [-0.3, -0.25) is 4.79 Å². The molecule has 9 nitrogen and oxygen atoms in total. The van der Waals surface area contributed by atoms with E-state index in [9.17, 15) is 13.2 Å². The molecular weight excluding hydrogens is 598 g/mol. The second kappa shape index (κ2) is 11.9. The molecular formula is C33H30ClN5O4S. The highest BCUT2D eigenvalue weighted by atomic mass is 35.5. The van der Waals surface area contributed by atoms with Crippen molar-refractivity contribution < 1.29 is 17.9 Å². The molecule has 0 fully saturated rings. The molecule has 1 N–H and O–H groups in total. The van der Waals surface area contributed by atoms with Gasteiger partial charge in [-0.1, -0.05) is 48.0 Å². The number of sulfonamides is 1. The zero-order valence-corrected chi connectivity index (χ0v) is 26.0. The summed E-state index contributed by atoms with van der Waals surface area (Å²) in [6.07, 6.45) is 3.28. The molecule has 1 aliphatic rings. The molecule has 0 saturated carbocycles. The number of tetrazole rings is 1. The maximum absolute atomic E-state index is 13.7. The molecule has 0 saturated heterocycles. The van der Waals surface area contributed by atoms with Crippen molar-refractivity contribution in [1.82, 2.24) is 24.8 Å². The van der Waals surface area contributed by atoms with Crippen LogP contribution in [0.2, 0.25) is 5.02 Å². The number of amides is 1. The van der Waals surface area contributed by atoms with E-state index in [1.54, 1.807) is 22.7 Å². The summed E-state index contributed by atoms with van der Waals surface area (Å²) in [5.41, 5.74) is 8.45. The van der Waals surface area contributed by atoms with Crippen molar-refractivity contribution in [3.05, 3.63) is 111 Å². The van der Waals surface area contributed by atoms with E-state index in [1.165, 1.54) is 12.1 Å². The van der Waals surface area contributed by atoms with E-state index in [1.807, 2.05) is 63.4 Å². The molecule has 1 amide bonds. The Balaban J connectivity index is 1.32. The Bertz CT molecular complexity index is 2030. The number of hydrogen-bond acceptors (Lipinski definition) is 7. The molecule has 0 unspecified atom stereocenters. The van der Waals surface area contributed by atoms with Crippen LogP contribution in [-0.4, -0.2) is 41.0 Å². The Morgan fingerprint density at radius 2 is 1.68 bits per heavy atom. The lowest BCUT2D eigenvalue weighted by atomic mass is 9.93. The number of hydrogen-bond donors (Lipinski definition) is 1. The Morgan fingerprint density at radius 3 is 2.43 bits per heavy atom. The third-order valence-corrected chi connectivity index (χ3v) is 9.80. The highest BCUT2D eigenvalue weighted by Crippen LogP contribution is 2.42. The molecule has 5 aromatic rings. The summed E-state index contributed by atoms with van der Waals surface area (Å²) in [7, 11) is -4.06. The van der Waals surface area contributed by atoms with Crippen LogP contribution in [0.15, 0.2) is 83.4 Å². The van der Waals surface area contributed by atoms with Gasteiger partial charge in [-0.25, -0.2) is 17.7 Å². The summed E-state index contributed by atoms with van der Waals surface area (Å²) in [4.78, 5) is 13.7. The fourth-order valence-electron chi connectivity index (χ4n) is 5.70. The third kappa shape index (κ3) is 5.70. The first-order chi connectivity index (χ1) is 21.1. The lowest BCUT2D eigenvalue weighted by Crippen LogP contribution is -2.32. The number of carbonyl (C=O) groups excluding carboxylic acids is 1. The van der Waals surface area contributed by atoms with Crippen molar-refractivity contribution in [1.29, 1.82) is 0 Å². The number of fused-ring (bicyclic) bond motifs is 2. The van der Waals surface area contributed by atoms with E-state index in [2.05, 4.69) is 20.2 Å². The molecule has 44 heavy (non-hydrogen) atoms. The fourth-order valence-corrected chi connectivity index (χ4v) is 6.81. The SMILES string of the molecule is Cc1cc2nnnn2cc1-c1cccc2c1CC(C(=O)NS(=O)(=O)c1ccccc1)=C2CCCOc1cc(C)c(Cl)c(C)c1. The van der Waals surface area contributed by atoms with Gasteiger partial charge in [0.2, 0.25) is 0 Å². The third-order valence-electron chi connectivity index (χ3n) is 7.85. The summed E-state index contributed by atoms with van der Waals surface area (Å²) in [5.74, 6) is 0.0939. The number of carbonyl (C=O) groups is 1. The largest absolute Gasteiger partial charge is 0.494 e. The molecule has 6 rings (SSSR count). The average Bonchev–Trinajstić information content (AvgIpc) is 3.62. The first kappa shape index (κ1) is 29.5. The predicted molar refractivity (Wildman–Crippen MR) is 169 cm³/mol. The van der Waals surface area contributed by atoms with E-state index in [4.69, 9.17) is 16.3 Å². The molecule has 224 valence electrons. The van der Waals surface area contributed by atoms with Gasteiger partial charge in [-0.15, -0.1) is 5.10 Å². The number of ether oxygens (including phenoxy) is 1. The first-order valence-corrected chi connectivity index (χ1v) is 16.0. The molecule has 0 aliphatic heterocycles. The zero-order valence-electron chi connectivity index (χ0n) is 24.5. The molecule has 2 aromatic heterocycles. The van der Waals surface area contributed by atoms with Crippen molar-refractivity contribution >= 4 is 38.8 Å². The smallest absolute Gasteiger partial charge is 0.264 e. The topological polar surface area (TPSA) is 116 Å². The van der Waals surface area contributed by atoms with E-state index in [0.29, 0.717) is 30.7 Å². The molecule has 0 bridgehead atoms. The Hall–Kier alpha value is -4.54. The second-order valence-corrected chi connectivity index (χ2v) is 12.9. The number of nitrogens with zero attached hydrogens (tertiary/aromatic N) is 4. The Labute approximate surface area is 260 Å². The molecule has 0 radical (unpaired) electrons. The van der Waals surface area contributed by atoms with Crippen LogP contribution in [0.5, 0.6) is 5.75 Å². The molecule has 2 heterocycles. The van der Waals surface area contributed by atoms with Gasteiger partial charge in [0.25, 0.3) is 15.9 Å². The van der Waals surface area contributed by atoms with Crippen molar-refractivity contribution in [2.75, 3.05) is 6.61 Å². The van der Waals surface area contributed by atoms with Crippen LogP contribution < -0.4 is 9.46 Å². The van der Waals surface area contributed by atoms with E-state index >= 15 is 0 Å². The number of nitrogens with one attached hydrogen (secondary N) is 1. The van der Waals surface area contributed by atoms with Crippen LogP contribution >= 0.6 is 11.6 Å². The van der Waals surface area contributed by atoms with Crippen molar-refractivity contribution in [3.63, 3.8) is 0 Å². The first-order valence-electron chi connectivity index (χ1n) is 14.2. The van der Waals surface area contributed by atoms with Crippen LogP contribution in [0.4, 0.5) is 0 Å². The fraction of sp³-hybridized carbons (Fsp3) is 0.212.